The lowest BCUT2D eigenvalue weighted by Crippen LogP contribution is -2.48. The topological polar surface area (TPSA) is 40.5 Å². The number of rotatable bonds is 5. The van der Waals surface area contributed by atoms with Gasteiger partial charge in [0.05, 0.1) is 15.8 Å². The van der Waals surface area contributed by atoms with Crippen molar-refractivity contribution in [2.45, 2.75) is 112 Å². The van der Waals surface area contributed by atoms with Gasteiger partial charge in [0.15, 0.2) is 0 Å². The summed E-state index contributed by atoms with van der Waals surface area (Å²) in [6, 6.07) is 0.386. The Morgan fingerprint density at radius 2 is 1.88 bits per heavy atom. The van der Waals surface area contributed by atoms with Gasteiger partial charge in [-0.25, -0.2) is 0 Å². The summed E-state index contributed by atoms with van der Waals surface area (Å²) in [6.45, 7) is 15.2. The zero-order valence-corrected chi connectivity index (χ0v) is 21.5. The molecule has 0 amide bonds. The summed E-state index contributed by atoms with van der Waals surface area (Å²) in [5.74, 6) is 0.449. The molecule has 2 nitrogen and oxygen atoms in total. The second kappa shape index (κ2) is 8.91. The van der Waals surface area contributed by atoms with Gasteiger partial charge in [-0.1, -0.05) is 76.6 Å². The van der Waals surface area contributed by atoms with Crippen LogP contribution >= 0.6 is 0 Å². The predicted octanol–water partition coefficient (Wildman–Crippen LogP) is 7.54. The van der Waals surface area contributed by atoms with Gasteiger partial charge in [-0.2, -0.15) is 0 Å². The van der Waals surface area contributed by atoms with Crippen molar-refractivity contribution in [3.8, 4) is 0 Å². The molecular formula is C30H48O2. The molecule has 180 valence electrons. The van der Waals surface area contributed by atoms with Crippen LogP contribution in [0.3, 0.4) is 0 Å². The van der Waals surface area contributed by atoms with Crippen LogP contribution in [0, 0.1) is 28.1 Å². The maximum atomic E-state index is 10.4. The van der Waals surface area contributed by atoms with Crippen LogP contribution in [0.5, 0.6) is 0 Å². The number of fused-ring (bicyclic) bond motifs is 1. The maximum absolute atomic E-state index is 10.4. The third-order valence-electron chi connectivity index (χ3n) is 10.2. The Balaban J connectivity index is 1.98. The number of aliphatic hydroxyl groups excluding tert-OH is 1. The molecule has 3 saturated carbocycles. The van der Waals surface area contributed by atoms with Crippen LogP contribution < -0.4 is 0 Å². The average Bonchev–Trinajstić information content (AvgIpc) is 2.99. The van der Waals surface area contributed by atoms with Crippen LogP contribution in [-0.4, -0.2) is 21.9 Å². The van der Waals surface area contributed by atoms with E-state index in [0.29, 0.717) is 42.4 Å². The van der Waals surface area contributed by atoms with Crippen LogP contribution in [-0.2, 0) is 0 Å². The lowest BCUT2D eigenvalue weighted by Gasteiger charge is -2.56. The first-order valence-corrected chi connectivity index (χ1v) is 12.7. The molecule has 3 fully saturated rings. The third kappa shape index (κ3) is 4.34. The van der Waals surface area contributed by atoms with E-state index in [2.05, 4.69) is 46.8 Å². The van der Waals surface area contributed by atoms with Crippen molar-refractivity contribution in [2.24, 2.45) is 28.1 Å². The molecular weight excluding hydrogens is 392 g/mol. The summed E-state index contributed by atoms with van der Waals surface area (Å²) in [7, 11) is 0. The molecule has 32 heavy (non-hydrogen) atoms. The van der Waals surface area contributed by atoms with Crippen molar-refractivity contribution in [3.63, 3.8) is 0 Å². The van der Waals surface area contributed by atoms with Gasteiger partial charge in [0.25, 0.3) is 0 Å². The highest BCUT2D eigenvalue weighted by Gasteiger charge is 2.63. The highest BCUT2D eigenvalue weighted by Crippen LogP contribution is 2.72. The Bertz CT molecular complexity index is 936. The highest BCUT2D eigenvalue weighted by atomic mass is 16.3. The second-order valence-electron chi connectivity index (χ2n) is 12.2. The van der Waals surface area contributed by atoms with E-state index in [1.54, 1.807) is 0 Å². The molecule has 0 heterocycles. The van der Waals surface area contributed by atoms with E-state index >= 15 is 0 Å². The second-order valence-corrected chi connectivity index (χ2v) is 12.2. The van der Waals surface area contributed by atoms with Crippen molar-refractivity contribution in [2.75, 3.05) is 0 Å². The molecule has 0 aromatic rings. The number of hydrogen-bond acceptors (Lipinski definition) is 2. The van der Waals surface area contributed by atoms with Crippen molar-refractivity contribution in [1.82, 2.24) is 0 Å². The fourth-order valence-electron chi connectivity index (χ4n) is 6.66. The predicted molar refractivity (Wildman–Crippen MR) is 136 cm³/mol. The van der Waals surface area contributed by atoms with Gasteiger partial charge in [-0.3, -0.25) is 0 Å². The minimum atomic E-state index is -0.734. The Morgan fingerprint density at radius 1 is 1.16 bits per heavy atom. The normalized spacial score (nSPS) is 42.3. The summed E-state index contributed by atoms with van der Waals surface area (Å²) in [5.41, 5.74) is 2.07. The van der Waals surface area contributed by atoms with Crippen molar-refractivity contribution < 1.29 is 14.3 Å². The first-order chi connectivity index (χ1) is 16.1. The molecule has 0 saturated heterocycles. The van der Waals surface area contributed by atoms with Gasteiger partial charge < -0.3 is 10.2 Å². The first kappa shape index (κ1) is 21.4. The maximum Gasteiger partial charge on any atom is 0.0651 e. The van der Waals surface area contributed by atoms with Gasteiger partial charge in [-0.15, -0.1) is 0 Å². The molecule has 0 radical (unpaired) electrons. The van der Waals surface area contributed by atoms with Crippen LogP contribution in [0.1, 0.15) is 104 Å². The largest absolute Gasteiger partial charge is 0.393 e. The SMILES string of the molecule is [2H]C([2H])=C1CC[C@@H](O)CC1=C([2H])C=C1CCC[C@@]2(C)[C@@]1(C)CC[C@]2(C)[C@H](C)C=C[C@H](C)C(C)(C)O. The van der Waals surface area contributed by atoms with Gasteiger partial charge >= 0.3 is 0 Å². The molecule has 0 aromatic heterocycles. The van der Waals surface area contributed by atoms with Crippen LogP contribution in [0.25, 0.3) is 0 Å². The summed E-state index contributed by atoms with van der Waals surface area (Å²) in [5, 5.41) is 20.6. The molecule has 0 aromatic carbocycles. The molecule has 0 unspecified atom stereocenters. The molecule has 6 atom stereocenters. The van der Waals surface area contributed by atoms with Gasteiger partial charge in [0, 0.05) is 5.92 Å². The fourth-order valence-corrected chi connectivity index (χ4v) is 6.66. The van der Waals surface area contributed by atoms with E-state index < -0.39 is 11.7 Å². The lowest BCUT2D eigenvalue weighted by molar-refractivity contribution is -0.0223. The number of allylic oxidation sites excluding steroid dienone is 5. The summed E-state index contributed by atoms with van der Waals surface area (Å²) in [6.07, 6.45) is 12.9. The Kier molecular flexibility index (Phi) is 5.96. The van der Waals surface area contributed by atoms with E-state index in [1.165, 1.54) is 5.57 Å². The first-order valence-electron chi connectivity index (χ1n) is 14.2. The average molecular weight is 444 g/mol. The van der Waals surface area contributed by atoms with E-state index in [4.69, 9.17) is 4.11 Å². The van der Waals surface area contributed by atoms with E-state index in [0.717, 1.165) is 32.1 Å². The minimum Gasteiger partial charge on any atom is -0.393 e. The molecule has 2 N–H and O–H groups in total. The van der Waals surface area contributed by atoms with Crippen molar-refractivity contribution in [3.05, 3.63) is 47.5 Å². The molecule has 0 spiro atoms. The zero-order chi connectivity index (χ0) is 26.4. The smallest absolute Gasteiger partial charge is 0.0651 e. The molecule has 3 aliphatic carbocycles. The van der Waals surface area contributed by atoms with Crippen LogP contribution in [0.4, 0.5) is 0 Å². The molecule has 0 aliphatic heterocycles. The van der Waals surface area contributed by atoms with Gasteiger partial charge in [0.1, 0.15) is 0 Å². The van der Waals surface area contributed by atoms with Gasteiger partial charge in [-0.05, 0) is 93.0 Å². The van der Waals surface area contributed by atoms with Gasteiger partial charge in [0.2, 0.25) is 0 Å². The zero-order valence-electron chi connectivity index (χ0n) is 24.5. The quantitative estimate of drug-likeness (QED) is 0.431. The summed E-state index contributed by atoms with van der Waals surface area (Å²) in [4.78, 5) is 0. The Morgan fingerprint density at radius 3 is 2.53 bits per heavy atom. The fraction of sp³-hybridized carbons (Fsp3) is 0.733. The monoisotopic (exact) mass is 443 g/mol. The Labute approximate surface area is 201 Å². The van der Waals surface area contributed by atoms with Crippen molar-refractivity contribution in [1.29, 1.82) is 0 Å². The van der Waals surface area contributed by atoms with E-state index in [1.807, 2.05) is 19.9 Å². The number of hydrogen-bond donors (Lipinski definition) is 2. The molecule has 3 aliphatic rings. The molecule has 2 heteroatoms. The van der Waals surface area contributed by atoms with E-state index in [-0.39, 0.29) is 28.7 Å². The minimum absolute atomic E-state index is 0.0151. The molecule has 0 bridgehead atoms. The van der Waals surface area contributed by atoms with Crippen molar-refractivity contribution >= 4 is 0 Å². The van der Waals surface area contributed by atoms with E-state index in [9.17, 15) is 10.2 Å². The highest BCUT2D eigenvalue weighted by molar-refractivity contribution is 5.38. The summed E-state index contributed by atoms with van der Waals surface area (Å²) >= 11 is 0. The standard InChI is InChI=1S/C30H48O2/c1-21-11-16-26(31)20-24(21)14-15-25-10-9-17-30(8)28(6,18-19-29(25,30)7)23(3)13-12-22(2)27(4,5)32/h12-15,22-23,26,31-32H,1,9-11,16-20H2,2-8H3/t22-,23+,26+,28+,29-,30+/m0/s1/i1D2,14D. The third-order valence-corrected chi connectivity index (χ3v) is 10.2. The summed E-state index contributed by atoms with van der Waals surface area (Å²) < 4.78 is 24.7. The Hall–Kier alpha value is -1.12. The number of aliphatic hydroxyl groups is 2. The van der Waals surface area contributed by atoms with Crippen LogP contribution in [0.2, 0.25) is 0 Å². The van der Waals surface area contributed by atoms with Crippen LogP contribution in [0.15, 0.2) is 47.5 Å². The molecule has 3 rings (SSSR count). The lowest BCUT2D eigenvalue weighted by atomic mass is 9.48.